The minimum absolute atomic E-state index is 0.0829. The van der Waals surface area contributed by atoms with Crippen LogP contribution in [0.4, 0.5) is 0 Å². The molecule has 0 N–H and O–H groups in total. The van der Waals surface area contributed by atoms with Crippen molar-refractivity contribution in [1.29, 1.82) is 0 Å². The molecule has 3 aromatic rings. The molecule has 2 atom stereocenters. The molecule has 2 aliphatic rings. The maximum absolute atomic E-state index is 12.6. The van der Waals surface area contributed by atoms with Crippen LogP contribution in [0, 0.1) is 20.2 Å². The van der Waals surface area contributed by atoms with Gasteiger partial charge in [-0.3, -0.25) is 20.2 Å². The van der Waals surface area contributed by atoms with Crippen molar-refractivity contribution in [3.63, 3.8) is 0 Å². The van der Waals surface area contributed by atoms with E-state index in [0.717, 1.165) is 16.7 Å². The van der Waals surface area contributed by atoms with Crippen LogP contribution in [0.1, 0.15) is 16.7 Å². The Morgan fingerprint density at radius 3 is 1.17 bits per heavy atom. The maximum atomic E-state index is 12.6. The van der Waals surface area contributed by atoms with E-state index >= 15 is 0 Å². The Balaban J connectivity index is 1.59. The molecule has 2 aliphatic heterocycles. The van der Waals surface area contributed by atoms with Crippen molar-refractivity contribution in [2.75, 3.05) is 21.3 Å². The summed E-state index contributed by atoms with van der Waals surface area (Å²) in [5, 5.41) is 25.1. The lowest BCUT2D eigenvalue weighted by molar-refractivity contribution is -0.460. The fraction of sp³-hybridized carbons (Fsp3) is 0.267. The molecule has 3 aromatic carbocycles. The van der Waals surface area contributed by atoms with Crippen LogP contribution in [0.15, 0.2) is 96.6 Å². The van der Waals surface area contributed by atoms with Gasteiger partial charge in [0.15, 0.2) is 12.3 Å². The number of ether oxygens (including phenoxy) is 3. The zero-order valence-electron chi connectivity index (χ0n) is 23.5. The lowest BCUT2D eigenvalue weighted by atomic mass is 10.0. The first-order valence-corrected chi connectivity index (χ1v) is 13.2. The zero-order chi connectivity index (χ0) is 29.8. The smallest absolute Gasteiger partial charge is 0.299 e. The van der Waals surface area contributed by atoms with E-state index in [-0.39, 0.29) is 31.0 Å². The predicted molar refractivity (Wildman–Crippen MR) is 153 cm³/mol. The van der Waals surface area contributed by atoms with Crippen LogP contribution in [0.2, 0.25) is 0 Å². The van der Waals surface area contributed by atoms with Crippen LogP contribution < -0.4 is 14.2 Å². The summed E-state index contributed by atoms with van der Waals surface area (Å²) >= 11 is 0. The number of fused-ring (bicyclic) bond motifs is 2. The Bertz CT molecular complexity index is 1400. The first-order valence-electron chi connectivity index (χ1n) is 13.2. The Hall–Kier alpha value is -5.10. The van der Waals surface area contributed by atoms with E-state index in [9.17, 15) is 20.2 Å². The minimum Gasteiger partial charge on any atom is -0.497 e. The minimum atomic E-state index is -0.870. The van der Waals surface area contributed by atoms with Crippen molar-refractivity contribution < 1.29 is 24.1 Å². The standard InChI is InChI=1S/C30H31N5O7/c1-40-24-10-4-21(5-11-24)16-31-19-27(34(36)37)30-32(17-22-6-12-25(41-2)13-7-22)20-28(35(38)39)29(31)33(30)18-23-8-14-26(42-3)15-9-23/h4-15,19-20,29-30H,16-18H2,1-3H3. The number of nitro groups is 2. The van der Waals surface area contributed by atoms with Gasteiger partial charge in [-0.05, 0) is 53.1 Å². The highest BCUT2D eigenvalue weighted by atomic mass is 16.6. The molecular formula is C30H31N5O7. The highest BCUT2D eigenvalue weighted by molar-refractivity contribution is 5.32. The van der Waals surface area contributed by atoms with Gasteiger partial charge in [0.05, 0.1) is 43.6 Å². The van der Waals surface area contributed by atoms with Crippen LogP contribution in [-0.4, -0.2) is 58.2 Å². The third kappa shape index (κ3) is 5.84. The van der Waals surface area contributed by atoms with Crippen LogP contribution >= 0.6 is 0 Å². The number of methoxy groups -OCH3 is 3. The molecule has 2 heterocycles. The van der Waals surface area contributed by atoms with Gasteiger partial charge in [0.25, 0.3) is 11.4 Å². The SMILES string of the molecule is COc1ccc(CN2C=C([N+](=O)[O-])C3N(Cc4ccc(OC)cc4)C=C([N+](=O)[O-])C2N3Cc2ccc(OC)cc2)cc1. The third-order valence-electron chi connectivity index (χ3n) is 7.38. The molecule has 2 bridgehead atoms. The number of hydrogen-bond donors (Lipinski definition) is 0. The zero-order valence-corrected chi connectivity index (χ0v) is 23.5. The molecule has 12 nitrogen and oxygen atoms in total. The van der Waals surface area contributed by atoms with E-state index in [4.69, 9.17) is 14.2 Å². The van der Waals surface area contributed by atoms with Gasteiger partial charge in [0.2, 0.25) is 0 Å². The lowest BCUT2D eigenvalue weighted by Crippen LogP contribution is -2.64. The second-order valence-corrected chi connectivity index (χ2v) is 9.93. The maximum Gasteiger partial charge on any atom is 0.299 e. The molecule has 5 rings (SSSR count). The van der Waals surface area contributed by atoms with Crippen molar-refractivity contribution >= 4 is 0 Å². The lowest BCUT2D eigenvalue weighted by Gasteiger charge is -2.49. The number of rotatable bonds is 11. The average Bonchev–Trinajstić information content (AvgIpc) is 3.00. The van der Waals surface area contributed by atoms with Crippen molar-refractivity contribution in [2.24, 2.45) is 0 Å². The second kappa shape index (κ2) is 12.2. The van der Waals surface area contributed by atoms with Crippen LogP contribution in [0.5, 0.6) is 17.2 Å². The average molecular weight is 574 g/mol. The van der Waals surface area contributed by atoms with E-state index in [1.807, 2.05) is 41.3 Å². The van der Waals surface area contributed by atoms with Crippen LogP contribution in [-0.2, 0) is 19.6 Å². The molecule has 2 unspecified atom stereocenters. The Kier molecular flexibility index (Phi) is 8.25. The molecule has 0 aromatic heterocycles. The molecule has 218 valence electrons. The summed E-state index contributed by atoms with van der Waals surface area (Å²) in [4.78, 5) is 29.5. The second-order valence-electron chi connectivity index (χ2n) is 9.93. The Morgan fingerprint density at radius 2 is 0.881 bits per heavy atom. The van der Waals surface area contributed by atoms with E-state index in [1.54, 1.807) is 67.5 Å². The fourth-order valence-corrected chi connectivity index (χ4v) is 5.35. The first-order chi connectivity index (χ1) is 20.3. The monoisotopic (exact) mass is 573 g/mol. The van der Waals surface area contributed by atoms with Gasteiger partial charge in [-0.2, -0.15) is 0 Å². The summed E-state index contributed by atoms with van der Waals surface area (Å²) in [6, 6.07) is 21.8. The summed E-state index contributed by atoms with van der Waals surface area (Å²) in [6.45, 7) is 0.636. The number of hydrogen-bond acceptors (Lipinski definition) is 10. The summed E-state index contributed by atoms with van der Waals surface area (Å²) in [5.74, 6) is 1.99. The van der Waals surface area contributed by atoms with E-state index in [0.29, 0.717) is 17.2 Å². The summed E-state index contributed by atoms with van der Waals surface area (Å²) in [7, 11) is 4.70. The van der Waals surface area contributed by atoms with Crippen molar-refractivity contribution in [1.82, 2.24) is 14.7 Å². The molecule has 0 radical (unpaired) electrons. The highest BCUT2D eigenvalue weighted by Gasteiger charge is 2.53. The topological polar surface area (TPSA) is 124 Å². The van der Waals surface area contributed by atoms with Gasteiger partial charge < -0.3 is 24.0 Å². The van der Waals surface area contributed by atoms with Gasteiger partial charge >= 0.3 is 0 Å². The molecule has 0 saturated heterocycles. The molecule has 0 saturated carbocycles. The molecule has 42 heavy (non-hydrogen) atoms. The van der Waals surface area contributed by atoms with Crippen LogP contribution in [0.25, 0.3) is 0 Å². The number of nitrogens with zero attached hydrogens (tertiary/aromatic N) is 5. The summed E-state index contributed by atoms with van der Waals surface area (Å²) in [6.07, 6.45) is 1.15. The molecule has 12 heteroatoms. The van der Waals surface area contributed by atoms with Crippen LogP contribution in [0.3, 0.4) is 0 Å². The summed E-state index contributed by atoms with van der Waals surface area (Å²) < 4.78 is 15.8. The highest BCUT2D eigenvalue weighted by Crippen LogP contribution is 2.38. The third-order valence-corrected chi connectivity index (χ3v) is 7.38. The Labute approximate surface area is 242 Å². The fourth-order valence-electron chi connectivity index (χ4n) is 5.35. The van der Waals surface area contributed by atoms with Gasteiger partial charge in [-0.1, -0.05) is 36.4 Å². The van der Waals surface area contributed by atoms with Crippen molar-refractivity contribution in [3.8, 4) is 17.2 Å². The molecule has 0 amide bonds. The Morgan fingerprint density at radius 1 is 0.571 bits per heavy atom. The van der Waals surface area contributed by atoms with Gasteiger partial charge in [-0.25, -0.2) is 4.90 Å². The molecule has 0 aliphatic carbocycles. The van der Waals surface area contributed by atoms with Crippen molar-refractivity contribution in [2.45, 2.75) is 32.0 Å². The predicted octanol–water partition coefficient (Wildman–Crippen LogP) is 4.43. The van der Waals surface area contributed by atoms with E-state index in [1.165, 1.54) is 12.4 Å². The molecule has 0 fully saturated rings. The molecular weight excluding hydrogens is 542 g/mol. The normalized spacial score (nSPS) is 18.2. The summed E-state index contributed by atoms with van der Waals surface area (Å²) in [5.41, 5.74) is 2.30. The number of benzene rings is 3. The quantitative estimate of drug-likeness (QED) is 0.240. The first kappa shape index (κ1) is 28.4. The van der Waals surface area contributed by atoms with E-state index < -0.39 is 22.2 Å². The van der Waals surface area contributed by atoms with Crippen molar-refractivity contribution in [3.05, 3.63) is 134 Å². The van der Waals surface area contributed by atoms with Gasteiger partial charge in [0, 0.05) is 19.6 Å². The molecule has 0 spiro atoms. The van der Waals surface area contributed by atoms with Gasteiger partial charge in [-0.15, -0.1) is 0 Å². The van der Waals surface area contributed by atoms with Gasteiger partial charge in [0.1, 0.15) is 17.2 Å². The largest absolute Gasteiger partial charge is 0.497 e. The van der Waals surface area contributed by atoms with E-state index in [2.05, 4.69) is 0 Å².